The van der Waals surface area contributed by atoms with E-state index in [4.69, 9.17) is 14.6 Å². The second-order valence-electron chi connectivity index (χ2n) is 5.27. The second kappa shape index (κ2) is 8.84. The van der Waals surface area contributed by atoms with Crippen LogP contribution in [0.5, 0.6) is 5.75 Å². The van der Waals surface area contributed by atoms with E-state index in [1.807, 2.05) is 24.3 Å². The maximum Gasteiger partial charge on any atom is 0.408 e. The van der Waals surface area contributed by atoms with E-state index in [1.54, 1.807) is 27.9 Å². The Morgan fingerprint density at radius 3 is 2.10 bits per heavy atom. The van der Waals surface area contributed by atoms with Gasteiger partial charge in [-0.3, -0.25) is 4.79 Å². The molecule has 21 heavy (non-hydrogen) atoms. The molecule has 0 fully saturated rings. The molecule has 0 aromatic heterocycles. The molecule has 0 saturated heterocycles. The van der Waals surface area contributed by atoms with Gasteiger partial charge < -0.3 is 19.9 Å². The van der Waals surface area contributed by atoms with Crippen molar-refractivity contribution in [1.29, 1.82) is 0 Å². The molecule has 0 radical (unpaired) electrons. The van der Waals surface area contributed by atoms with Gasteiger partial charge in [-0.1, -0.05) is 17.7 Å². The maximum atomic E-state index is 10.8. The van der Waals surface area contributed by atoms with Crippen LogP contribution < -0.4 is 10.1 Å². The zero-order chi connectivity index (χ0) is 16.5. The number of benzene rings is 1. The van der Waals surface area contributed by atoms with E-state index in [0.717, 1.165) is 5.75 Å². The Bertz CT molecular complexity index is 448. The summed E-state index contributed by atoms with van der Waals surface area (Å²) >= 11 is 0. The van der Waals surface area contributed by atoms with Gasteiger partial charge in [0, 0.05) is 0 Å². The standard InChI is InChI=1S/C8H10O.C7H13NO4/c1-7-3-5-8(9-2)6-4-7;1-7(2,3)12-6(11)8-4-5(9)10/h3-6H,1-2H3;4H2,1-3H3,(H,8,11)(H,9,10). The SMILES string of the molecule is CC(C)(C)OC(=O)NCC(=O)O.COc1ccc(C)cc1. The van der Waals surface area contributed by atoms with Crippen LogP contribution >= 0.6 is 0 Å². The van der Waals surface area contributed by atoms with Gasteiger partial charge in [0.1, 0.15) is 17.9 Å². The van der Waals surface area contributed by atoms with Crippen LogP contribution in [0.1, 0.15) is 26.3 Å². The predicted octanol–water partition coefficient (Wildman–Crippen LogP) is 2.60. The Kier molecular flexibility index (Phi) is 7.89. The number of carboxylic acid groups (broad SMARTS) is 1. The fraction of sp³-hybridized carbons (Fsp3) is 0.467. The summed E-state index contributed by atoms with van der Waals surface area (Å²) in [5.74, 6) is -0.179. The van der Waals surface area contributed by atoms with Crippen LogP contribution in [-0.2, 0) is 9.53 Å². The number of ether oxygens (including phenoxy) is 2. The molecule has 2 N–H and O–H groups in total. The van der Waals surface area contributed by atoms with Crippen LogP contribution in [0.4, 0.5) is 4.79 Å². The predicted molar refractivity (Wildman–Crippen MR) is 79.6 cm³/mol. The summed E-state index contributed by atoms with van der Waals surface area (Å²) in [6, 6.07) is 7.96. The molecular formula is C15H23NO5. The number of carbonyl (C=O) groups is 2. The van der Waals surface area contributed by atoms with Crippen molar-refractivity contribution >= 4 is 12.1 Å². The van der Waals surface area contributed by atoms with E-state index in [9.17, 15) is 9.59 Å². The highest BCUT2D eigenvalue weighted by Gasteiger charge is 2.16. The van der Waals surface area contributed by atoms with Gasteiger partial charge in [-0.15, -0.1) is 0 Å². The third kappa shape index (κ3) is 11.3. The quantitative estimate of drug-likeness (QED) is 0.895. The van der Waals surface area contributed by atoms with E-state index in [1.165, 1.54) is 5.56 Å². The van der Waals surface area contributed by atoms with Crippen molar-refractivity contribution in [1.82, 2.24) is 5.32 Å². The zero-order valence-electron chi connectivity index (χ0n) is 13.1. The number of alkyl carbamates (subject to hydrolysis) is 1. The number of carbonyl (C=O) groups excluding carboxylic acids is 1. The van der Waals surface area contributed by atoms with E-state index >= 15 is 0 Å². The third-order valence-corrected chi connectivity index (χ3v) is 2.04. The molecule has 1 aromatic carbocycles. The van der Waals surface area contributed by atoms with E-state index < -0.39 is 24.2 Å². The molecule has 1 aromatic rings. The van der Waals surface area contributed by atoms with Crippen molar-refractivity contribution in [2.75, 3.05) is 13.7 Å². The fourth-order valence-corrected chi connectivity index (χ4v) is 1.14. The second-order valence-corrected chi connectivity index (χ2v) is 5.27. The number of amides is 1. The number of aliphatic carboxylic acids is 1. The van der Waals surface area contributed by atoms with Gasteiger partial charge in [-0.05, 0) is 39.8 Å². The van der Waals surface area contributed by atoms with Crippen molar-refractivity contribution < 1.29 is 24.2 Å². The van der Waals surface area contributed by atoms with E-state index in [-0.39, 0.29) is 0 Å². The monoisotopic (exact) mass is 297 g/mol. The number of hydrogen-bond acceptors (Lipinski definition) is 4. The summed E-state index contributed by atoms with van der Waals surface area (Å²) in [4.78, 5) is 20.8. The molecule has 0 atom stereocenters. The summed E-state index contributed by atoms with van der Waals surface area (Å²) in [6.07, 6.45) is -0.718. The maximum absolute atomic E-state index is 10.8. The Hall–Kier alpha value is -2.24. The van der Waals surface area contributed by atoms with Crippen molar-refractivity contribution in [3.05, 3.63) is 29.8 Å². The molecule has 118 valence electrons. The van der Waals surface area contributed by atoms with Crippen molar-refractivity contribution in [2.24, 2.45) is 0 Å². The lowest BCUT2D eigenvalue weighted by molar-refractivity contribution is -0.136. The molecule has 0 aliphatic heterocycles. The molecule has 0 unspecified atom stereocenters. The summed E-state index contributed by atoms with van der Waals surface area (Å²) < 4.78 is 9.74. The Balaban J connectivity index is 0.000000394. The Labute approximate surface area is 125 Å². The van der Waals surface area contributed by atoms with Gasteiger partial charge in [0.2, 0.25) is 0 Å². The minimum Gasteiger partial charge on any atom is -0.497 e. The average molecular weight is 297 g/mol. The van der Waals surface area contributed by atoms with Crippen LogP contribution in [0.25, 0.3) is 0 Å². The summed E-state index contributed by atoms with van der Waals surface area (Å²) in [5.41, 5.74) is 0.665. The number of methoxy groups -OCH3 is 1. The molecule has 6 nitrogen and oxygen atoms in total. The first-order valence-corrected chi connectivity index (χ1v) is 6.43. The molecule has 1 rings (SSSR count). The molecule has 0 bridgehead atoms. The van der Waals surface area contributed by atoms with Gasteiger partial charge in [0.05, 0.1) is 7.11 Å². The van der Waals surface area contributed by atoms with Gasteiger partial charge in [-0.25, -0.2) is 4.79 Å². The molecule has 0 saturated carbocycles. The van der Waals surface area contributed by atoms with Crippen LogP contribution in [0.15, 0.2) is 24.3 Å². The highest BCUT2D eigenvalue weighted by Crippen LogP contribution is 2.09. The highest BCUT2D eigenvalue weighted by atomic mass is 16.6. The number of aryl methyl sites for hydroxylation is 1. The molecule has 1 amide bonds. The van der Waals surface area contributed by atoms with Crippen LogP contribution in [0, 0.1) is 6.92 Å². The first kappa shape index (κ1) is 18.8. The average Bonchev–Trinajstić information content (AvgIpc) is 2.36. The molecule has 0 aliphatic carbocycles. The van der Waals surface area contributed by atoms with Crippen LogP contribution in [-0.4, -0.2) is 36.4 Å². The van der Waals surface area contributed by atoms with Crippen LogP contribution in [0.2, 0.25) is 0 Å². The zero-order valence-corrected chi connectivity index (χ0v) is 13.1. The lowest BCUT2D eigenvalue weighted by Gasteiger charge is -2.19. The van der Waals surface area contributed by atoms with Gasteiger partial charge in [0.25, 0.3) is 0 Å². The number of nitrogens with one attached hydrogen (secondary N) is 1. The first-order chi connectivity index (χ1) is 9.64. The first-order valence-electron chi connectivity index (χ1n) is 6.43. The Morgan fingerprint density at radius 2 is 1.71 bits per heavy atom. The summed E-state index contributed by atoms with van der Waals surface area (Å²) in [5, 5.41) is 10.3. The molecule has 0 heterocycles. The molecular weight excluding hydrogens is 274 g/mol. The van der Waals surface area contributed by atoms with Gasteiger partial charge >= 0.3 is 12.1 Å². The number of hydrogen-bond donors (Lipinski definition) is 2. The van der Waals surface area contributed by atoms with E-state index in [0.29, 0.717) is 0 Å². The normalized spacial score (nSPS) is 9.95. The van der Waals surface area contributed by atoms with Crippen LogP contribution in [0.3, 0.4) is 0 Å². The largest absolute Gasteiger partial charge is 0.497 e. The van der Waals surface area contributed by atoms with Gasteiger partial charge in [0.15, 0.2) is 0 Å². The molecule has 0 spiro atoms. The number of rotatable bonds is 3. The Morgan fingerprint density at radius 1 is 1.19 bits per heavy atom. The van der Waals surface area contributed by atoms with Crippen molar-refractivity contribution in [3.63, 3.8) is 0 Å². The smallest absolute Gasteiger partial charge is 0.408 e. The third-order valence-electron chi connectivity index (χ3n) is 2.04. The lowest BCUT2D eigenvalue weighted by atomic mass is 10.2. The van der Waals surface area contributed by atoms with E-state index in [2.05, 4.69) is 12.2 Å². The minimum absolute atomic E-state index is 0.422. The summed E-state index contributed by atoms with van der Waals surface area (Å²) in [6.45, 7) is 6.74. The topological polar surface area (TPSA) is 84.9 Å². The fourth-order valence-electron chi connectivity index (χ4n) is 1.14. The van der Waals surface area contributed by atoms with Crippen molar-refractivity contribution in [2.45, 2.75) is 33.3 Å². The van der Waals surface area contributed by atoms with Gasteiger partial charge in [-0.2, -0.15) is 0 Å². The highest BCUT2D eigenvalue weighted by molar-refractivity contribution is 5.76. The lowest BCUT2D eigenvalue weighted by Crippen LogP contribution is -2.35. The van der Waals surface area contributed by atoms with Crippen molar-refractivity contribution in [3.8, 4) is 5.75 Å². The minimum atomic E-state index is -1.10. The molecule has 6 heteroatoms. The number of carboxylic acids is 1. The molecule has 0 aliphatic rings. The summed E-state index contributed by atoms with van der Waals surface area (Å²) in [7, 11) is 1.67.